The van der Waals surface area contributed by atoms with Crippen molar-refractivity contribution >= 4 is 5.71 Å². The molecule has 6 atom stereocenters. The topological polar surface area (TPSA) is 3.01 Å². The van der Waals surface area contributed by atoms with E-state index in [1.165, 1.54) is 83.6 Å². The first-order valence-electron chi connectivity index (χ1n) is 12.6. The molecule has 0 aromatic heterocycles. The highest BCUT2D eigenvalue weighted by Gasteiger charge is 2.61. The first kappa shape index (κ1) is 20.0. The van der Waals surface area contributed by atoms with Gasteiger partial charge in [0.2, 0.25) is 0 Å². The monoisotopic (exact) mass is 372 g/mol. The first-order valence-corrected chi connectivity index (χ1v) is 12.6. The predicted octanol–water partition coefficient (Wildman–Crippen LogP) is 7.08. The van der Waals surface area contributed by atoms with Crippen LogP contribution in [0, 0.1) is 34.5 Å². The average molecular weight is 373 g/mol. The molecule has 4 aliphatic rings. The second kappa shape index (κ2) is 7.83. The molecule has 0 bridgehead atoms. The van der Waals surface area contributed by atoms with Gasteiger partial charge in [0, 0.05) is 12.8 Å². The number of hydrogen-bond acceptors (Lipinski definition) is 0. The van der Waals surface area contributed by atoms with E-state index in [0.29, 0.717) is 10.8 Å². The molecule has 0 amide bonds. The molecular formula is C26H46N+. The highest BCUT2D eigenvalue weighted by molar-refractivity contribution is 5.87. The molecule has 27 heavy (non-hydrogen) atoms. The Morgan fingerprint density at radius 1 is 0.889 bits per heavy atom. The molecular weight excluding hydrogens is 326 g/mol. The Morgan fingerprint density at radius 3 is 2.48 bits per heavy atom. The molecule has 0 saturated heterocycles. The maximum absolute atomic E-state index is 2.73. The van der Waals surface area contributed by atoms with Gasteiger partial charge in [0.25, 0.3) is 0 Å². The second-order valence-electron chi connectivity index (χ2n) is 11.3. The minimum atomic E-state index is 0.552. The van der Waals surface area contributed by atoms with Crippen molar-refractivity contribution in [2.75, 3.05) is 13.6 Å². The summed E-state index contributed by atoms with van der Waals surface area (Å²) < 4.78 is 2.63. The van der Waals surface area contributed by atoms with Gasteiger partial charge in [0.05, 0.1) is 5.41 Å². The van der Waals surface area contributed by atoms with Crippen LogP contribution in [-0.2, 0) is 0 Å². The van der Waals surface area contributed by atoms with Crippen molar-refractivity contribution in [1.29, 1.82) is 0 Å². The van der Waals surface area contributed by atoms with Gasteiger partial charge in [-0.3, -0.25) is 0 Å². The Hall–Kier alpha value is -0.330. The van der Waals surface area contributed by atoms with Crippen molar-refractivity contribution in [3.63, 3.8) is 0 Å². The largest absolute Gasteiger partial charge is 0.239 e. The van der Waals surface area contributed by atoms with Gasteiger partial charge in [-0.25, -0.2) is 4.58 Å². The molecule has 154 valence electrons. The van der Waals surface area contributed by atoms with E-state index in [-0.39, 0.29) is 0 Å². The highest BCUT2D eigenvalue weighted by atomic mass is 15.0. The predicted molar refractivity (Wildman–Crippen MR) is 117 cm³/mol. The van der Waals surface area contributed by atoms with E-state index in [2.05, 4.69) is 32.4 Å². The standard InChI is InChI=1S/C26H46N/c1-5-6-7-8-9-10-11-20-12-14-22-21-13-15-24-26(3,18-19-27(24)4)23(21)16-17-25(20,22)2/h20-23H,5-19H2,1-4H3/q+1. The van der Waals surface area contributed by atoms with Gasteiger partial charge < -0.3 is 0 Å². The van der Waals surface area contributed by atoms with E-state index >= 15 is 0 Å². The lowest BCUT2D eigenvalue weighted by atomic mass is 9.48. The van der Waals surface area contributed by atoms with Crippen molar-refractivity contribution in [2.24, 2.45) is 34.5 Å². The molecule has 0 N–H and O–H groups in total. The Labute approximate surface area is 169 Å². The molecule has 3 saturated carbocycles. The highest BCUT2D eigenvalue weighted by Crippen LogP contribution is 2.65. The van der Waals surface area contributed by atoms with Crippen LogP contribution < -0.4 is 0 Å². The molecule has 0 aromatic carbocycles. The number of fused-ring (bicyclic) bond motifs is 5. The Kier molecular flexibility index (Phi) is 5.79. The summed E-state index contributed by atoms with van der Waals surface area (Å²) >= 11 is 0. The third-order valence-electron chi connectivity index (χ3n) is 10.2. The summed E-state index contributed by atoms with van der Waals surface area (Å²) in [7, 11) is 2.36. The van der Waals surface area contributed by atoms with Crippen molar-refractivity contribution in [1.82, 2.24) is 0 Å². The third-order valence-corrected chi connectivity index (χ3v) is 10.2. The molecule has 3 aliphatic carbocycles. The number of unbranched alkanes of at least 4 members (excludes halogenated alkanes) is 5. The smallest absolute Gasteiger partial charge is 0.158 e. The summed E-state index contributed by atoms with van der Waals surface area (Å²) in [5.74, 6) is 4.13. The zero-order valence-corrected chi connectivity index (χ0v) is 18.9. The third kappa shape index (κ3) is 3.33. The number of nitrogens with zero attached hydrogens (tertiary/aromatic N) is 1. The van der Waals surface area contributed by atoms with Crippen molar-refractivity contribution < 1.29 is 4.58 Å². The normalized spacial score (nSPS) is 43.6. The maximum atomic E-state index is 2.73. The summed E-state index contributed by atoms with van der Waals surface area (Å²) in [5.41, 5.74) is 3.06. The molecule has 1 heteroatoms. The van der Waals surface area contributed by atoms with Crippen molar-refractivity contribution in [2.45, 2.75) is 111 Å². The van der Waals surface area contributed by atoms with E-state index in [1.54, 1.807) is 12.8 Å². The fraction of sp³-hybridized carbons (Fsp3) is 0.962. The molecule has 3 fully saturated rings. The molecule has 0 aromatic rings. The van der Waals surface area contributed by atoms with Gasteiger partial charge in [-0.05, 0) is 74.5 Å². The van der Waals surface area contributed by atoms with E-state index in [4.69, 9.17) is 0 Å². The van der Waals surface area contributed by atoms with E-state index in [1.807, 2.05) is 5.71 Å². The minimum Gasteiger partial charge on any atom is -0.239 e. The minimum absolute atomic E-state index is 0.552. The second-order valence-corrected chi connectivity index (χ2v) is 11.3. The van der Waals surface area contributed by atoms with Gasteiger partial charge in [-0.15, -0.1) is 0 Å². The quantitative estimate of drug-likeness (QED) is 0.332. The molecule has 6 unspecified atom stereocenters. The fourth-order valence-corrected chi connectivity index (χ4v) is 8.53. The summed E-state index contributed by atoms with van der Waals surface area (Å²) in [6, 6.07) is 0. The van der Waals surface area contributed by atoms with Crippen LogP contribution in [-0.4, -0.2) is 23.9 Å². The fourth-order valence-electron chi connectivity index (χ4n) is 8.53. The Balaban J connectivity index is 1.39. The summed E-state index contributed by atoms with van der Waals surface area (Å²) in [5, 5.41) is 0. The lowest BCUT2D eigenvalue weighted by molar-refractivity contribution is -0.490. The number of rotatable bonds is 7. The van der Waals surface area contributed by atoms with Crippen LogP contribution in [0.3, 0.4) is 0 Å². The van der Waals surface area contributed by atoms with Gasteiger partial charge >= 0.3 is 0 Å². The zero-order valence-electron chi connectivity index (χ0n) is 18.9. The van der Waals surface area contributed by atoms with Crippen molar-refractivity contribution in [3.8, 4) is 0 Å². The van der Waals surface area contributed by atoms with Crippen molar-refractivity contribution in [3.05, 3.63) is 0 Å². The SMILES string of the molecule is CCCCCCCCC1CCC2C3CCC4=[N+](C)CCC4(C)C3CCC12C. The summed E-state index contributed by atoms with van der Waals surface area (Å²) in [4.78, 5) is 0. The zero-order chi connectivity index (χ0) is 19.1. The number of hydrogen-bond donors (Lipinski definition) is 0. The summed E-state index contributed by atoms with van der Waals surface area (Å²) in [6.45, 7) is 9.02. The van der Waals surface area contributed by atoms with Crippen LogP contribution >= 0.6 is 0 Å². The Morgan fingerprint density at radius 2 is 1.67 bits per heavy atom. The van der Waals surface area contributed by atoms with Crippen LogP contribution in [0.4, 0.5) is 0 Å². The van der Waals surface area contributed by atoms with Crippen LogP contribution in [0.2, 0.25) is 0 Å². The van der Waals surface area contributed by atoms with Crippen LogP contribution in [0.25, 0.3) is 0 Å². The molecule has 4 rings (SSSR count). The summed E-state index contributed by atoms with van der Waals surface area (Å²) in [6.07, 6.45) is 20.8. The van der Waals surface area contributed by atoms with Gasteiger partial charge in [0.15, 0.2) is 5.71 Å². The van der Waals surface area contributed by atoms with Crippen LogP contribution in [0.15, 0.2) is 0 Å². The van der Waals surface area contributed by atoms with Gasteiger partial charge in [0.1, 0.15) is 13.6 Å². The van der Waals surface area contributed by atoms with Gasteiger partial charge in [-0.1, -0.05) is 52.4 Å². The van der Waals surface area contributed by atoms with Gasteiger partial charge in [-0.2, -0.15) is 0 Å². The molecule has 0 radical (unpaired) electrons. The lowest BCUT2D eigenvalue weighted by Crippen LogP contribution is -2.51. The van der Waals surface area contributed by atoms with Crippen LogP contribution in [0.5, 0.6) is 0 Å². The molecule has 1 nitrogen and oxygen atoms in total. The van der Waals surface area contributed by atoms with E-state index < -0.39 is 0 Å². The van der Waals surface area contributed by atoms with E-state index in [9.17, 15) is 0 Å². The first-order chi connectivity index (χ1) is 13.0. The lowest BCUT2D eigenvalue weighted by Gasteiger charge is -2.54. The van der Waals surface area contributed by atoms with E-state index in [0.717, 1.165) is 23.7 Å². The maximum Gasteiger partial charge on any atom is 0.158 e. The van der Waals surface area contributed by atoms with Crippen LogP contribution in [0.1, 0.15) is 111 Å². The molecule has 0 spiro atoms. The average Bonchev–Trinajstić information content (AvgIpc) is 3.15. The molecule has 1 aliphatic heterocycles. The Bertz CT molecular complexity index is 563. The molecule has 1 heterocycles.